The van der Waals surface area contributed by atoms with Crippen molar-refractivity contribution < 1.29 is 31.4 Å². The fourth-order valence-electron chi connectivity index (χ4n) is 3.02. The lowest BCUT2D eigenvalue weighted by molar-refractivity contribution is -0.257. The predicted octanol–water partition coefficient (Wildman–Crippen LogP) is 4.70. The highest BCUT2D eigenvalue weighted by Crippen LogP contribution is 2.45. The quantitative estimate of drug-likeness (QED) is 0.200. The third kappa shape index (κ3) is 6.35. The number of ether oxygens (including phenoxy) is 1. The zero-order chi connectivity index (χ0) is 24.2. The van der Waals surface area contributed by atoms with Gasteiger partial charge < -0.3 is 13.0 Å². The first-order valence-electron chi connectivity index (χ1n) is 9.52. The van der Waals surface area contributed by atoms with Crippen molar-refractivity contribution >= 4 is 44.7 Å². The van der Waals surface area contributed by atoms with Crippen LogP contribution in [0.25, 0.3) is 0 Å². The Morgan fingerprint density at radius 3 is 2.38 bits per heavy atom. The van der Waals surface area contributed by atoms with Crippen molar-refractivity contribution in [2.75, 3.05) is 19.4 Å². The largest absolute Gasteiger partial charge is 0.496 e. The van der Waals surface area contributed by atoms with Gasteiger partial charge >= 0.3 is 6.18 Å². The number of benzene rings is 2. The van der Waals surface area contributed by atoms with Crippen molar-refractivity contribution in [2.24, 2.45) is 4.99 Å². The Morgan fingerprint density at radius 1 is 1.22 bits per heavy atom. The number of nitrogens with zero attached hydrogens (tertiary/aromatic N) is 2. The molecule has 0 amide bonds. The number of aliphatic hydroxyl groups is 1. The van der Waals surface area contributed by atoms with Crippen LogP contribution in [-0.4, -0.2) is 48.6 Å². The van der Waals surface area contributed by atoms with Crippen molar-refractivity contribution in [1.82, 2.24) is 3.11 Å². The Hall–Kier alpha value is -1.86. The van der Waals surface area contributed by atoms with E-state index in [1.807, 2.05) is 29.8 Å². The second-order valence-electron chi connectivity index (χ2n) is 7.18. The minimum absolute atomic E-state index is 0.311. The number of halogens is 4. The van der Waals surface area contributed by atoms with Crippen LogP contribution < -0.4 is 4.74 Å². The van der Waals surface area contributed by atoms with Crippen molar-refractivity contribution in [1.29, 1.82) is 0 Å². The van der Waals surface area contributed by atoms with Crippen molar-refractivity contribution in [2.45, 2.75) is 31.4 Å². The predicted molar refractivity (Wildman–Crippen MR) is 126 cm³/mol. The molecule has 0 radical (unpaired) electrons. The van der Waals surface area contributed by atoms with Crippen LogP contribution >= 0.6 is 22.9 Å². The number of sulfone groups is 1. The van der Waals surface area contributed by atoms with Gasteiger partial charge in [-0.15, -0.1) is 0 Å². The molecule has 0 aliphatic heterocycles. The van der Waals surface area contributed by atoms with E-state index in [9.17, 15) is 26.7 Å². The van der Waals surface area contributed by atoms with E-state index >= 15 is 0 Å². The summed E-state index contributed by atoms with van der Waals surface area (Å²) in [5.41, 5.74) is -3.37. The van der Waals surface area contributed by atoms with Crippen LogP contribution in [0.15, 0.2) is 47.5 Å². The van der Waals surface area contributed by atoms with Gasteiger partial charge in [-0.2, -0.15) is 13.2 Å². The molecule has 2 aromatic rings. The van der Waals surface area contributed by atoms with Gasteiger partial charge in [-0.05, 0) is 31.0 Å². The average Bonchev–Trinajstić information content (AvgIpc) is 2.71. The molecule has 11 heteroatoms. The third-order valence-electron chi connectivity index (χ3n) is 4.71. The molecule has 32 heavy (non-hydrogen) atoms. The zero-order valence-corrected chi connectivity index (χ0v) is 20.7. The Balaban J connectivity index is 2.54. The van der Waals surface area contributed by atoms with E-state index in [-0.39, 0.29) is 5.75 Å². The first kappa shape index (κ1) is 26.4. The molecule has 0 saturated carbocycles. The fraction of sp³-hybridized carbons (Fsp3) is 0.381. The first-order valence-corrected chi connectivity index (χ1v) is 12.3. The molecule has 0 spiro atoms. The molecule has 2 aromatic carbocycles. The molecule has 2 rings (SSSR count). The molecule has 0 bridgehead atoms. The molecular formula is C21H24F3IN2O4S. The highest BCUT2D eigenvalue weighted by atomic mass is 127. The van der Waals surface area contributed by atoms with Gasteiger partial charge in [0.1, 0.15) is 5.75 Å². The topological polar surface area (TPSA) is 79.2 Å². The molecule has 0 aliphatic carbocycles. The summed E-state index contributed by atoms with van der Waals surface area (Å²) >= 11 is 2.01. The maximum absolute atomic E-state index is 14.1. The van der Waals surface area contributed by atoms with Crippen molar-refractivity contribution in [3.05, 3.63) is 59.2 Å². The lowest BCUT2D eigenvalue weighted by Crippen LogP contribution is -2.48. The van der Waals surface area contributed by atoms with Crippen LogP contribution in [0, 0.1) is 6.92 Å². The second kappa shape index (κ2) is 10.4. The number of hydrogen-bond acceptors (Lipinski definition) is 5. The van der Waals surface area contributed by atoms with Gasteiger partial charge in [0.05, 0.1) is 53.5 Å². The lowest BCUT2D eigenvalue weighted by Gasteiger charge is -2.32. The number of aliphatic imine (C=N–C) groups is 1. The van der Waals surface area contributed by atoms with E-state index in [1.54, 1.807) is 21.3 Å². The molecule has 0 saturated heterocycles. The molecule has 1 atom stereocenters. The summed E-state index contributed by atoms with van der Waals surface area (Å²) in [5.74, 6) is -2.50. The summed E-state index contributed by atoms with van der Waals surface area (Å²) in [7, 11) is -3.21. The lowest BCUT2D eigenvalue weighted by atomic mass is 9.92. The van der Waals surface area contributed by atoms with E-state index in [0.29, 0.717) is 23.4 Å². The molecule has 0 fully saturated rings. The Bertz CT molecular complexity index is 1060. The molecule has 6 nitrogen and oxygen atoms in total. The maximum atomic E-state index is 14.1. The average molecular weight is 584 g/mol. The zero-order valence-electron chi connectivity index (χ0n) is 17.7. The second-order valence-corrected chi connectivity index (χ2v) is 10.5. The number of hydrogen-bond donors (Lipinski definition) is 1. The minimum Gasteiger partial charge on any atom is -0.496 e. The standard InChI is InChI=1S/C21H24F3IN2O4S/c1-4-27(25)14-26-18-11-19(31-3)17(10-15(18)2)20(28,21(22,23)24)13-32(29,30)12-16-8-6-5-7-9-16/h5-11,14,28H,4,12-13H2,1-3H3. The van der Waals surface area contributed by atoms with Gasteiger partial charge in [-0.25, -0.2) is 13.4 Å². The summed E-state index contributed by atoms with van der Waals surface area (Å²) in [6.07, 6.45) is -3.77. The van der Waals surface area contributed by atoms with Crippen LogP contribution in [0.5, 0.6) is 5.75 Å². The van der Waals surface area contributed by atoms with Gasteiger partial charge in [0.2, 0.25) is 5.60 Å². The van der Waals surface area contributed by atoms with Crippen molar-refractivity contribution in [3.63, 3.8) is 0 Å². The molecule has 0 aromatic heterocycles. The van der Waals surface area contributed by atoms with E-state index in [2.05, 4.69) is 4.99 Å². The van der Waals surface area contributed by atoms with E-state index in [1.165, 1.54) is 31.5 Å². The van der Waals surface area contributed by atoms with Gasteiger partial charge in [-0.3, -0.25) is 0 Å². The van der Waals surface area contributed by atoms with E-state index in [0.717, 1.165) is 13.2 Å². The van der Waals surface area contributed by atoms with Gasteiger partial charge in [0, 0.05) is 18.2 Å². The van der Waals surface area contributed by atoms with Crippen molar-refractivity contribution in [3.8, 4) is 5.75 Å². The number of aryl methyl sites for hydroxylation is 1. The summed E-state index contributed by atoms with van der Waals surface area (Å²) < 4.78 is 74.5. The summed E-state index contributed by atoms with van der Waals surface area (Å²) in [5, 5.41) is 10.8. The van der Waals surface area contributed by atoms with E-state index in [4.69, 9.17) is 4.74 Å². The molecular weight excluding hydrogens is 560 g/mol. The summed E-state index contributed by atoms with van der Waals surface area (Å²) in [4.78, 5) is 4.23. The summed E-state index contributed by atoms with van der Waals surface area (Å²) in [6, 6.07) is 10.1. The Kier molecular flexibility index (Phi) is 8.56. The number of alkyl halides is 3. The molecule has 1 unspecified atom stereocenters. The highest BCUT2D eigenvalue weighted by molar-refractivity contribution is 14.1. The van der Waals surface area contributed by atoms with Crippen LogP contribution in [-0.2, 0) is 21.2 Å². The molecule has 0 heterocycles. The Morgan fingerprint density at radius 2 is 1.84 bits per heavy atom. The smallest absolute Gasteiger partial charge is 0.422 e. The Labute approximate surface area is 199 Å². The minimum atomic E-state index is -5.28. The first-order chi connectivity index (χ1) is 14.8. The van der Waals surface area contributed by atoms with Gasteiger partial charge in [0.15, 0.2) is 9.84 Å². The monoisotopic (exact) mass is 584 g/mol. The van der Waals surface area contributed by atoms with Crippen LogP contribution in [0.2, 0.25) is 0 Å². The SMILES string of the molecule is CCN(I)C=Nc1cc(OC)c(C(O)(CS(=O)(=O)Cc2ccccc2)C(F)(F)F)cc1C. The van der Waals surface area contributed by atoms with Crippen LogP contribution in [0.4, 0.5) is 18.9 Å². The number of rotatable bonds is 9. The molecule has 176 valence electrons. The van der Waals surface area contributed by atoms with Gasteiger partial charge in [-0.1, -0.05) is 30.3 Å². The third-order valence-corrected chi connectivity index (χ3v) is 7.28. The highest BCUT2D eigenvalue weighted by Gasteiger charge is 2.58. The normalized spacial score (nSPS) is 14.4. The summed E-state index contributed by atoms with van der Waals surface area (Å²) in [6.45, 7) is 4.08. The van der Waals surface area contributed by atoms with Gasteiger partial charge in [0.25, 0.3) is 0 Å². The van der Waals surface area contributed by atoms with Crippen LogP contribution in [0.1, 0.15) is 23.6 Å². The number of methoxy groups -OCH3 is 1. The van der Waals surface area contributed by atoms with E-state index < -0.39 is 38.7 Å². The fourth-order valence-corrected chi connectivity index (χ4v) is 4.91. The van der Waals surface area contributed by atoms with Crippen LogP contribution in [0.3, 0.4) is 0 Å². The molecule has 1 N–H and O–H groups in total. The maximum Gasteiger partial charge on any atom is 0.422 e. The molecule has 0 aliphatic rings.